The number of amides is 3. The molecule has 0 radical (unpaired) electrons. The van der Waals surface area contributed by atoms with E-state index in [2.05, 4.69) is 14.9 Å². The number of rotatable bonds is 4. The molecule has 0 fully saturated rings. The summed E-state index contributed by atoms with van der Waals surface area (Å²) in [4.78, 5) is 44.1. The normalized spacial score (nSPS) is 15.2. The summed E-state index contributed by atoms with van der Waals surface area (Å²) in [6, 6.07) is 23.2. The molecule has 5 aromatic rings. The third-order valence-corrected chi connectivity index (χ3v) is 7.48. The maximum absolute atomic E-state index is 13.2. The van der Waals surface area contributed by atoms with Gasteiger partial charge in [-0.1, -0.05) is 66.7 Å². The lowest BCUT2D eigenvalue weighted by Gasteiger charge is -2.20. The molecular formula is C31H24N4O4. The molecular weight excluding hydrogens is 492 g/mol. The highest BCUT2D eigenvalue weighted by Crippen LogP contribution is 2.39. The number of hydrogen-bond acceptors (Lipinski definition) is 4. The molecule has 0 spiro atoms. The van der Waals surface area contributed by atoms with Crippen molar-refractivity contribution in [2.45, 2.75) is 19.7 Å². The van der Waals surface area contributed by atoms with Crippen LogP contribution in [0.2, 0.25) is 0 Å². The number of imide groups is 1. The summed E-state index contributed by atoms with van der Waals surface area (Å²) in [6.45, 7) is 1.57. The Balaban J connectivity index is 1.27. The van der Waals surface area contributed by atoms with Crippen molar-refractivity contribution < 1.29 is 19.1 Å². The van der Waals surface area contributed by atoms with E-state index in [1.165, 1.54) is 0 Å². The molecule has 0 aliphatic carbocycles. The van der Waals surface area contributed by atoms with Crippen molar-refractivity contribution in [3.63, 3.8) is 0 Å². The lowest BCUT2D eigenvalue weighted by molar-refractivity contribution is -0.122. The molecule has 2 N–H and O–H groups in total. The van der Waals surface area contributed by atoms with Gasteiger partial charge in [-0.05, 0) is 17.2 Å². The molecule has 2 aromatic heterocycles. The van der Waals surface area contributed by atoms with E-state index >= 15 is 0 Å². The highest BCUT2D eigenvalue weighted by atomic mass is 16.6. The van der Waals surface area contributed by atoms with Crippen LogP contribution < -0.4 is 5.32 Å². The largest absolute Gasteiger partial charge is 0.445 e. The number of fused-ring (bicyclic) bond motifs is 1. The molecule has 192 valence electrons. The molecule has 2 aliphatic rings. The van der Waals surface area contributed by atoms with Gasteiger partial charge in [0.1, 0.15) is 6.61 Å². The van der Waals surface area contributed by atoms with Gasteiger partial charge in [0.2, 0.25) is 0 Å². The first-order valence-corrected chi connectivity index (χ1v) is 12.8. The van der Waals surface area contributed by atoms with Crippen LogP contribution in [0.3, 0.4) is 0 Å². The average molecular weight is 517 g/mol. The minimum Gasteiger partial charge on any atom is -0.445 e. The Labute approximate surface area is 223 Å². The molecule has 7 rings (SSSR count). The van der Waals surface area contributed by atoms with Gasteiger partial charge in [-0.3, -0.25) is 14.9 Å². The number of carbonyl (C=O) groups is 3. The maximum atomic E-state index is 13.2. The summed E-state index contributed by atoms with van der Waals surface area (Å²) in [5, 5.41) is 4.25. The second-order valence-corrected chi connectivity index (χ2v) is 9.79. The van der Waals surface area contributed by atoms with Crippen molar-refractivity contribution >= 4 is 50.9 Å². The number of ether oxygens (including phenoxy) is 1. The van der Waals surface area contributed by atoms with E-state index in [9.17, 15) is 14.4 Å². The SMILES string of the molecule is O=C1NC(=O)C(c2cn3c4c(cccc24)CN(C(=O)OCc2ccccc2)CC3)=C1c1c[nH]c2ccccc12. The van der Waals surface area contributed by atoms with Gasteiger partial charge in [0, 0.05) is 52.9 Å². The first-order valence-electron chi connectivity index (χ1n) is 12.8. The predicted octanol–water partition coefficient (Wildman–Crippen LogP) is 4.84. The summed E-state index contributed by atoms with van der Waals surface area (Å²) < 4.78 is 7.66. The van der Waals surface area contributed by atoms with Gasteiger partial charge in [0.15, 0.2) is 0 Å². The lowest BCUT2D eigenvalue weighted by Crippen LogP contribution is -2.32. The van der Waals surface area contributed by atoms with Crippen LogP contribution in [0.4, 0.5) is 4.79 Å². The molecule has 2 aliphatic heterocycles. The maximum Gasteiger partial charge on any atom is 0.410 e. The number of carbonyl (C=O) groups excluding carboxylic acids is 3. The minimum absolute atomic E-state index is 0.213. The van der Waals surface area contributed by atoms with E-state index in [4.69, 9.17) is 4.74 Å². The number of nitrogens with one attached hydrogen (secondary N) is 2. The lowest BCUT2D eigenvalue weighted by atomic mass is 9.95. The average Bonchev–Trinajstić information content (AvgIpc) is 3.58. The quantitative estimate of drug-likeness (QED) is 0.334. The van der Waals surface area contributed by atoms with Crippen LogP contribution in [-0.4, -0.2) is 38.9 Å². The number of nitrogens with zero attached hydrogens (tertiary/aromatic N) is 2. The number of aromatic nitrogens is 2. The summed E-state index contributed by atoms with van der Waals surface area (Å²) >= 11 is 0. The van der Waals surface area contributed by atoms with Gasteiger partial charge in [0.05, 0.1) is 23.2 Å². The Kier molecular flexibility index (Phi) is 5.33. The van der Waals surface area contributed by atoms with Gasteiger partial charge in [-0.15, -0.1) is 0 Å². The highest BCUT2D eigenvalue weighted by molar-refractivity contribution is 6.50. The van der Waals surface area contributed by atoms with Crippen molar-refractivity contribution in [1.29, 1.82) is 0 Å². The molecule has 0 saturated carbocycles. The van der Waals surface area contributed by atoms with E-state index in [0.717, 1.165) is 32.9 Å². The second kappa shape index (κ2) is 9.02. The summed E-state index contributed by atoms with van der Waals surface area (Å²) in [5.41, 5.74) is 5.86. The second-order valence-electron chi connectivity index (χ2n) is 9.79. The van der Waals surface area contributed by atoms with Crippen LogP contribution in [-0.2, 0) is 34.0 Å². The summed E-state index contributed by atoms with van der Waals surface area (Å²) in [6.07, 6.45) is 3.34. The van der Waals surface area contributed by atoms with Crippen LogP contribution in [0.5, 0.6) is 0 Å². The topological polar surface area (TPSA) is 96.4 Å². The van der Waals surface area contributed by atoms with Crippen molar-refractivity contribution in [3.05, 3.63) is 107 Å². The van der Waals surface area contributed by atoms with Crippen molar-refractivity contribution in [3.8, 4) is 0 Å². The van der Waals surface area contributed by atoms with Crippen molar-refractivity contribution in [2.75, 3.05) is 6.54 Å². The predicted molar refractivity (Wildman–Crippen MR) is 147 cm³/mol. The van der Waals surface area contributed by atoms with E-state index in [1.807, 2.05) is 79.0 Å². The van der Waals surface area contributed by atoms with Crippen molar-refractivity contribution in [1.82, 2.24) is 19.8 Å². The molecule has 8 nitrogen and oxygen atoms in total. The fourth-order valence-corrected chi connectivity index (χ4v) is 5.67. The van der Waals surface area contributed by atoms with E-state index in [-0.39, 0.29) is 12.7 Å². The Morgan fingerprint density at radius 3 is 2.41 bits per heavy atom. The van der Waals surface area contributed by atoms with Gasteiger partial charge >= 0.3 is 6.09 Å². The summed E-state index contributed by atoms with van der Waals surface area (Å²) in [7, 11) is 0. The fraction of sp³-hybridized carbons (Fsp3) is 0.129. The van der Waals surface area contributed by atoms with Gasteiger partial charge < -0.3 is 19.2 Å². The number of para-hydroxylation sites is 2. The Bertz CT molecular complexity index is 1830. The zero-order valence-corrected chi connectivity index (χ0v) is 20.9. The molecule has 3 amide bonds. The van der Waals surface area contributed by atoms with Crippen molar-refractivity contribution in [2.24, 2.45) is 0 Å². The van der Waals surface area contributed by atoms with Gasteiger partial charge in [0.25, 0.3) is 11.8 Å². The third kappa shape index (κ3) is 3.80. The van der Waals surface area contributed by atoms with Gasteiger partial charge in [-0.2, -0.15) is 0 Å². The number of hydrogen-bond donors (Lipinski definition) is 2. The van der Waals surface area contributed by atoms with Crippen LogP contribution >= 0.6 is 0 Å². The molecule has 8 heteroatoms. The Morgan fingerprint density at radius 2 is 1.56 bits per heavy atom. The third-order valence-electron chi connectivity index (χ3n) is 7.48. The molecule has 4 heterocycles. The fourth-order valence-electron chi connectivity index (χ4n) is 5.67. The minimum atomic E-state index is -0.409. The Morgan fingerprint density at radius 1 is 0.821 bits per heavy atom. The molecule has 3 aromatic carbocycles. The van der Waals surface area contributed by atoms with Crippen LogP contribution in [0.1, 0.15) is 22.3 Å². The number of aromatic amines is 1. The van der Waals surface area contributed by atoms with E-state index in [1.54, 1.807) is 11.1 Å². The molecule has 0 bridgehead atoms. The smallest absolute Gasteiger partial charge is 0.410 e. The van der Waals surface area contributed by atoms with Crippen LogP contribution in [0.15, 0.2) is 85.2 Å². The van der Waals surface area contributed by atoms with E-state index in [0.29, 0.717) is 41.9 Å². The molecule has 39 heavy (non-hydrogen) atoms. The molecule has 0 unspecified atom stereocenters. The standard InChI is InChI=1S/C31H24N4O4/c36-29-26(23-15-32-25-12-5-4-10-21(23)25)27(30(37)33-29)24-17-34-13-14-35(16-20-9-6-11-22(24)28(20)34)31(38)39-18-19-7-2-1-3-8-19/h1-12,15,17,32H,13-14,16,18H2,(H,33,36,37). The molecule has 0 atom stereocenters. The monoisotopic (exact) mass is 516 g/mol. The van der Waals surface area contributed by atoms with Crippen LogP contribution in [0, 0.1) is 0 Å². The molecule has 0 saturated heterocycles. The first kappa shape index (κ1) is 23.0. The van der Waals surface area contributed by atoms with Gasteiger partial charge in [-0.25, -0.2) is 4.79 Å². The number of benzene rings is 3. The summed E-state index contributed by atoms with van der Waals surface area (Å²) in [5.74, 6) is -0.816. The van der Waals surface area contributed by atoms with Crippen LogP contribution in [0.25, 0.3) is 33.0 Å². The zero-order chi connectivity index (χ0) is 26.5. The van der Waals surface area contributed by atoms with E-state index < -0.39 is 11.8 Å². The number of H-pyrrole nitrogens is 1. The zero-order valence-electron chi connectivity index (χ0n) is 20.9. The highest BCUT2D eigenvalue weighted by Gasteiger charge is 2.35. The Hall–Kier alpha value is -5.11. The first-order chi connectivity index (χ1) is 19.1.